The molecule has 1 aliphatic heterocycles. The molecule has 4 atom stereocenters. The largest absolute Gasteiger partial charge is 0.508 e. The van der Waals surface area contributed by atoms with Crippen LogP contribution in [0.2, 0.25) is 0 Å². The highest BCUT2D eigenvalue weighted by atomic mass is 16.6. The summed E-state index contributed by atoms with van der Waals surface area (Å²) in [6, 6.07) is 11.7. The van der Waals surface area contributed by atoms with E-state index in [4.69, 9.17) is 0 Å². The number of anilines is 1. The Hall–Kier alpha value is -4.66. The summed E-state index contributed by atoms with van der Waals surface area (Å²) >= 11 is 0. The van der Waals surface area contributed by atoms with Crippen LogP contribution in [0.5, 0.6) is 5.75 Å². The van der Waals surface area contributed by atoms with Gasteiger partial charge in [0.05, 0.1) is 22.4 Å². The number of rotatable bonds is 3. The van der Waals surface area contributed by atoms with Gasteiger partial charge in [-0.1, -0.05) is 23.8 Å². The van der Waals surface area contributed by atoms with E-state index in [1.165, 1.54) is 42.5 Å². The Morgan fingerprint density at radius 1 is 0.947 bits per heavy atom. The number of nitrogens with zero attached hydrogens (tertiary/aromatic N) is 2. The summed E-state index contributed by atoms with van der Waals surface area (Å²) in [7, 11) is 0. The monoisotopic (exact) mass is 510 g/mol. The third-order valence-corrected chi connectivity index (χ3v) is 8.11. The first kappa shape index (κ1) is 23.7. The highest BCUT2D eigenvalue weighted by Crippen LogP contribution is 2.55. The van der Waals surface area contributed by atoms with Gasteiger partial charge in [0.1, 0.15) is 5.75 Å². The van der Waals surface area contributed by atoms with Gasteiger partial charge in [-0.15, -0.1) is 0 Å². The van der Waals surface area contributed by atoms with Gasteiger partial charge in [0.2, 0.25) is 11.8 Å². The lowest BCUT2D eigenvalue weighted by atomic mass is 9.59. The highest BCUT2D eigenvalue weighted by molar-refractivity contribution is 6.25. The maximum atomic E-state index is 13.8. The number of nitro benzene ring substituents is 1. The van der Waals surface area contributed by atoms with Gasteiger partial charge in [-0.25, -0.2) is 0 Å². The third kappa shape index (κ3) is 3.38. The Labute approximate surface area is 216 Å². The Bertz CT molecular complexity index is 1550. The molecule has 9 nitrogen and oxygen atoms in total. The summed E-state index contributed by atoms with van der Waals surface area (Å²) in [4.78, 5) is 65.3. The quantitative estimate of drug-likeness (QED) is 0.217. The van der Waals surface area contributed by atoms with E-state index in [9.17, 15) is 34.4 Å². The summed E-state index contributed by atoms with van der Waals surface area (Å²) in [5.74, 6) is -3.67. The van der Waals surface area contributed by atoms with Crippen LogP contribution < -0.4 is 4.90 Å². The number of imide groups is 1. The number of fused-ring (bicyclic) bond motifs is 3. The number of phenolic OH excluding ortho intramolecular Hbond substituents is 1. The summed E-state index contributed by atoms with van der Waals surface area (Å²) in [5.41, 5.74) is 2.74. The van der Waals surface area contributed by atoms with Gasteiger partial charge in [0.15, 0.2) is 11.6 Å². The molecule has 4 unspecified atom stereocenters. The minimum atomic E-state index is -0.735. The van der Waals surface area contributed by atoms with Crippen LogP contribution in [-0.4, -0.2) is 33.4 Å². The van der Waals surface area contributed by atoms with Crippen LogP contribution >= 0.6 is 0 Å². The smallest absolute Gasteiger partial charge is 0.269 e. The van der Waals surface area contributed by atoms with Crippen LogP contribution in [-0.2, 0) is 19.2 Å². The minimum absolute atomic E-state index is 0.0606. The summed E-state index contributed by atoms with van der Waals surface area (Å²) in [6.07, 6.45) is 3.70. The van der Waals surface area contributed by atoms with Crippen LogP contribution in [0, 0.1) is 27.9 Å². The van der Waals surface area contributed by atoms with Crippen molar-refractivity contribution < 1.29 is 29.2 Å². The zero-order chi connectivity index (χ0) is 26.9. The standard InChI is InChI=1S/C29H22N2O7/c1-14-12-23(33)22-13-21-19(24(26(22)27(14)34)15-2-8-18(32)9-3-15)10-11-20-25(21)29(36)30(28(20)35)16-4-6-17(7-5-16)31(37)38/h2-10,12,20-21,24-25,32H,11,13H2,1H3. The number of hydrogen-bond donors (Lipinski definition) is 1. The molecular formula is C29H22N2O7. The average Bonchev–Trinajstić information content (AvgIpc) is 3.16. The predicted molar refractivity (Wildman–Crippen MR) is 135 cm³/mol. The number of phenols is 1. The maximum absolute atomic E-state index is 13.8. The number of benzene rings is 2. The van der Waals surface area contributed by atoms with Gasteiger partial charge in [-0.3, -0.25) is 34.2 Å². The van der Waals surface area contributed by atoms with Crippen molar-refractivity contribution in [3.05, 3.63) is 98.7 Å². The topological polar surface area (TPSA) is 135 Å². The number of nitro groups is 1. The van der Waals surface area contributed by atoms with Gasteiger partial charge in [-0.05, 0) is 61.6 Å². The third-order valence-electron chi connectivity index (χ3n) is 8.11. The number of carbonyl (C=O) groups excluding carboxylic acids is 4. The summed E-state index contributed by atoms with van der Waals surface area (Å²) < 4.78 is 0. The molecule has 1 heterocycles. The molecule has 0 radical (unpaired) electrons. The van der Waals surface area contributed by atoms with Gasteiger partial charge in [0.25, 0.3) is 5.69 Å². The molecule has 190 valence electrons. The van der Waals surface area contributed by atoms with Crippen molar-refractivity contribution in [2.24, 2.45) is 17.8 Å². The number of non-ortho nitro benzene ring substituents is 1. The Morgan fingerprint density at radius 3 is 2.29 bits per heavy atom. The van der Waals surface area contributed by atoms with Crippen molar-refractivity contribution in [3.8, 4) is 5.75 Å². The van der Waals surface area contributed by atoms with Crippen LogP contribution in [0.3, 0.4) is 0 Å². The Morgan fingerprint density at radius 2 is 1.63 bits per heavy atom. The number of carbonyl (C=O) groups is 4. The first-order valence-electron chi connectivity index (χ1n) is 12.3. The van der Waals surface area contributed by atoms with Gasteiger partial charge in [0, 0.05) is 34.8 Å². The Kier molecular flexibility index (Phi) is 5.27. The zero-order valence-electron chi connectivity index (χ0n) is 20.3. The normalized spacial score (nSPS) is 26.5. The zero-order valence-corrected chi connectivity index (χ0v) is 20.3. The van der Waals surface area contributed by atoms with Gasteiger partial charge in [-0.2, -0.15) is 0 Å². The molecule has 2 aromatic carbocycles. The van der Waals surface area contributed by atoms with Crippen LogP contribution in [0.1, 0.15) is 31.2 Å². The highest BCUT2D eigenvalue weighted by Gasteiger charge is 2.56. The van der Waals surface area contributed by atoms with E-state index < -0.39 is 34.5 Å². The van der Waals surface area contributed by atoms with E-state index >= 15 is 0 Å². The predicted octanol–water partition coefficient (Wildman–Crippen LogP) is 3.93. The summed E-state index contributed by atoms with van der Waals surface area (Å²) in [6.45, 7) is 1.61. The van der Waals surface area contributed by atoms with Crippen molar-refractivity contribution in [3.63, 3.8) is 0 Å². The minimum Gasteiger partial charge on any atom is -0.508 e. The molecule has 2 aromatic rings. The van der Waals surface area contributed by atoms with Crippen molar-refractivity contribution >= 4 is 34.8 Å². The fourth-order valence-corrected chi connectivity index (χ4v) is 6.39. The van der Waals surface area contributed by atoms with Crippen molar-refractivity contribution in [2.45, 2.75) is 25.7 Å². The molecule has 38 heavy (non-hydrogen) atoms. The number of allylic oxidation sites excluding steroid dienone is 6. The first-order chi connectivity index (χ1) is 18.2. The molecule has 0 aromatic heterocycles. The molecule has 3 aliphatic carbocycles. The van der Waals surface area contributed by atoms with Crippen molar-refractivity contribution in [1.82, 2.24) is 0 Å². The molecule has 9 heteroatoms. The van der Waals surface area contributed by atoms with E-state index in [2.05, 4.69) is 0 Å². The molecule has 0 bridgehead atoms. The maximum Gasteiger partial charge on any atom is 0.269 e. The lowest BCUT2D eigenvalue weighted by Crippen LogP contribution is -2.39. The molecule has 1 fully saturated rings. The van der Waals surface area contributed by atoms with Gasteiger partial charge < -0.3 is 5.11 Å². The summed E-state index contributed by atoms with van der Waals surface area (Å²) in [5, 5.41) is 20.9. The SMILES string of the molecule is CC1=CC(=O)C2=C(C1=O)C(c1ccc(O)cc1)C1=CCC3C(=O)N(c4ccc([N+](=O)[O-])cc4)C(=O)C3C1C2. The van der Waals surface area contributed by atoms with E-state index in [0.29, 0.717) is 28.7 Å². The molecule has 0 spiro atoms. The fraction of sp³-hybridized carbons (Fsp3) is 0.241. The van der Waals surface area contributed by atoms with Gasteiger partial charge >= 0.3 is 0 Å². The lowest BCUT2D eigenvalue weighted by molar-refractivity contribution is -0.384. The molecule has 0 saturated carbocycles. The van der Waals surface area contributed by atoms with Crippen LogP contribution in [0.4, 0.5) is 11.4 Å². The van der Waals surface area contributed by atoms with Crippen molar-refractivity contribution in [1.29, 1.82) is 0 Å². The van der Waals surface area contributed by atoms with E-state index in [-0.39, 0.29) is 41.0 Å². The number of amides is 2. The molecule has 1 saturated heterocycles. The molecule has 4 aliphatic rings. The van der Waals surface area contributed by atoms with E-state index in [1.807, 2.05) is 6.08 Å². The number of aromatic hydroxyl groups is 1. The van der Waals surface area contributed by atoms with Crippen LogP contribution in [0.15, 0.2) is 83.0 Å². The number of Topliss-reactive ketones (excluding diaryl/α,β-unsaturated/α-hetero) is 1. The first-order valence-corrected chi connectivity index (χ1v) is 12.3. The van der Waals surface area contributed by atoms with E-state index in [0.717, 1.165) is 10.5 Å². The molecule has 2 amide bonds. The molecule has 1 N–H and O–H groups in total. The Balaban J connectivity index is 1.44. The van der Waals surface area contributed by atoms with Crippen molar-refractivity contribution in [2.75, 3.05) is 4.90 Å². The number of hydrogen-bond acceptors (Lipinski definition) is 7. The fourth-order valence-electron chi connectivity index (χ4n) is 6.39. The second-order valence-corrected chi connectivity index (χ2v) is 10.1. The second-order valence-electron chi connectivity index (χ2n) is 10.1. The second kappa shape index (κ2) is 8.44. The van der Waals surface area contributed by atoms with Crippen LogP contribution in [0.25, 0.3) is 0 Å². The average molecular weight is 511 g/mol. The lowest BCUT2D eigenvalue weighted by Gasteiger charge is -2.42. The molecular weight excluding hydrogens is 488 g/mol. The number of ketones is 2. The molecule has 6 rings (SSSR count). The van der Waals surface area contributed by atoms with E-state index in [1.54, 1.807) is 19.1 Å².